The van der Waals surface area contributed by atoms with Crippen LogP contribution in [0, 0.1) is 0 Å². The zero-order chi connectivity index (χ0) is 10.7. The molecule has 0 amide bonds. The van der Waals surface area contributed by atoms with Gasteiger partial charge in [0.05, 0.1) is 24.4 Å². The molecule has 0 aliphatic heterocycles. The Morgan fingerprint density at radius 3 is 2.57 bits per heavy atom. The molecular weight excluding hydrogens is 216 g/mol. The van der Waals surface area contributed by atoms with E-state index >= 15 is 0 Å². The number of pyridine rings is 1. The molecule has 0 saturated heterocycles. The van der Waals surface area contributed by atoms with Gasteiger partial charge in [0, 0.05) is 11.1 Å². The fourth-order valence-electron chi connectivity index (χ4n) is 1.12. The van der Waals surface area contributed by atoms with Crippen LogP contribution in [0.2, 0.25) is 0 Å². The van der Waals surface area contributed by atoms with E-state index in [0.29, 0.717) is 0 Å². The van der Waals surface area contributed by atoms with E-state index in [2.05, 4.69) is 4.98 Å². The first-order chi connectivity index (χ1) is 6.61. The molecule has 1 rings (SSSR count). The summed E-state index contributed by atoms with van der Waals surface area (Å²) in [4.78, 5) is 3.49. The van der Waals surface area contributed by atoms with Gasteiger partial charge in [0.2, 0.25) is 0 Å². The van der Waals surface area contributed by atoms with Crippen molar-refractivity contribution >= 4 is 11.6 Å². The molecule has 0 unspecified atom stereocenters. The highest BCUT2D eigenvalue weighted by molar-refractivity contribution is 6.17. The van der Waals surface area contributed by atoms with E-state index in [1.807, 2.05) is 0 Å². The normalized spacial score (nSPS) is 10.9. The molecule has 1 heterocycles. The third-order valence-electron chi connectivity index (χ3n) is 1.79. The Morgan fingerprint density at radius 2 is 2.14 bits per heavy atom. The maximum absolute atomic E-state index is 12.5. The molecular formula is C8H8ClF2NO2. The predicted octanol–water partition coefficient (Wildman–Crippen LogP) is 1.96. The molecule has 6 heteroatoms. The number of aromatic hydroxyl groups is 1. The maximum Gasteiger partial charge on any atom is 0.266 e. The van der Waals surface area contributed by atoms with Gasteiger partial charge in [0.1, 0.15) is 5.75 Å². The summed E-state index contributed by atoms with van der Waals surface area (Å²) in [6.07, 6.45) is -1.82. The highest BCUT2D eigenvalue weighted by Crippen LogP contribution is 2.32. The third kappa shape index (κ3) is 1.93. The molecule has 0 bridgehead atoms. The molecule has 14 heavy (non-hydrogen) atoms. The number of hydrogen-bond acceptors (Lipinski definition) is 3. The first-order valence-corrected chi connectivity index (χ1v) is 4.29. The second kappa shape index (κ2) is 4.52. The van der Waals surface area contributed by atoms with E-state index in [9.17, 15) is 13.9 Å². The monoisotopic (exact) mass is 223 g/mol. The van der Waals surface area contributed by atoms with E-state index in [-0.39, 0.29) is 22.9 Å². The minimum absolute atomic E-state index is 0.0827. The summed E-state index contributed by atoms with van der Waals surface area (Å²) < 4.78 is 25.0. The summed E-state index contributed by atoms with van der Waals surface area (Å²) in [6.45, 7) is -0.607. The largest absolute Gasteiger partial charge is 0.506 e. The number of alkyl halides is 3. The van der Waals surface area contributed by atoms with Gasteiger partial charge in [-0.2, -0.15) is 0 Å². The summed E-state index contributed by atoms with van der Waals surface area (Å²) in [6, 6.07) is 0. The number of aliphatic hydroxyl groups is 1. The lowest BCUT2D eigenvalue weighted by atomic mass is 10.1. The Kier molecular flexibility index (Phi) is 3.60. The van der Waals surface area contributed by atoms with Gasteiger partial charge in [-0.05, 0) is 0 Å². The minimum atomic E-state index is -2.81. The lowest BCUT2D eigenvalue weighted by Gasteiger charge is -2.11. The van der Waals surface area contributed by atoms with Crippen molar-refractivity contribution in [2.24, 2.45) is 0 Å². The first kappa shape index (κ1) is 11.1. The Hall–Kier alpha value is -0.940. The number of rotatable bonds is 3. The van der Waals surface area contributed by atoms with Crippen LogP contribution >= 0.6 is 11.6 Å². The SMILES string of the molecule is OCc1ncc(O)c(CCl)c1C(F)F. The van der Waals surface area contributed by atoms with Crippen LogP contribution in [0.3, 0.4) is 0 Å². The maximum atomic E-state index is 12.5. The average Bonchev–Trinajstić information content (AvgIpc) is 2.17. The Morgan fingerprint density at radius 1 is 1.50 bits per heavy atom. The number of hydrogen-bond donors (Lipinski definition) is 2. The van der Waals surface area contributed by atoms with Crippen LogP contribution in [-0.2, 0) is 12.5 Å². The van der Waals surface area contributed by atoms with Gasteiger partial charge in [-0.3, -0.25) is 4.98 Å². The van der Waals surface area contributed by atoms with Gasteiger partial charge in [0.15, 0.2) is 0 Å². The first-order valence-electron chi connectivity index (χ1n) is 3.76. The van der Waals surface area contributed by atoms with Crippen molar-refractivity contribution in [3.05, 3.63) is 23.0 Å². The van der Waals surface area contributed by atoms with Gasteiger partial charge in [-0.15, -0.1) is 11.6 Å². The Labute approximate surface area is 84.0 Å². The van der Waals surface area contributed by atoms with Crippen molar-refractivity contribution in [3.8, 4) is 5.75 Å². The molecule has 0 spiro atoms. The molecule has 78 valence electrons. The minimum Gasteiger partial charge on any atom is -0.506 e. The van der Waals surface area contributed by atoms with E-state index in [1.165, 1.54) is 0 Å². The molecule has 0 atom stereocenters. The van der Waals surface area contributed by atoms with E-state index < -0.39 is 18.6 Å². The van der Waals surface area contributed by atoms with Crippen LogP contribution in [0.5, 0.6) is 5.75 Å². The van der Waals surface area contributed by atoms with Crippen molar-refractivity contribution in [2.75, 3.05) is 0 Å². The molecule has 3 nitrogen and oxygen atoms in total. The number of halogens is 3. The lowest BCUT2D eigenvalue weighted by Crippen LogP contribution is -2.03. The summed E-state index contributed by atoms with van der Waals surface area (Å²) in [7, 11) is 0. The van der Waals surface area contributed by atoms with Crippen LogP contribution in [0.15, 0.2) is 6.20 Å². The molecule has 0 radical (unpaired) electrons. The van der Waals surface area contributed by atoms with Gasteiger partial charge < -0.3 is 10.2 Å². The number of aromatic nitrogens is 1. The zero-order valence-corrected chi connectivity index (χ0v) is 7.80. The van der Waals surface area contributed by atoms with Crippen LogP contribution in [-0.4, -0.2) is 15.2 Å². The van der Waals surface area contributed by atoms with Crippen LogP contribution in [0.1, 0.15) is 23.2 Å². The number of aliphatic hydroxyl groups excluding tert-OH is 1. The Bertz CT molecular complexity index is 333. The average molecular weight is 224 g/mol. The van der Waals surface area contributed by atoms with Gasteiger partial charge in [-0.1, -0.05) is 0 Å². The molecule has 1 aromatic heterocycles. The summed E-state index contributed by atoms with van der Waals surface area (Å²) in [5.41, 5.74) is -0.725. The topological polar surface area (TPSA) is 53.4 Å². The quantitative estimate of drug-likeness (QED) is 0.771. The Balaban J connectivity index is 3.36. The van der Waals surface area contributed by atoms with Crippen molar-refractivity contribution in [1.82, 2.24) is 4.98 Å². The van der Waals surface area contributed by atoms with Gasteiger partial charge >= 0.3 is 0 Å². The second-order valence-electron chi connectivity index (χ2n) is 2.57. The van der Waals surface area contributed by atoms with Crippen molar-refractivity contribution < 1.29 is 19.0 Å². The van der Waals surface area contributed by atoms with E-state index in [4.69, 9.17) is 16.7 Å². The summed E-state index contributed by atoms with van der Waals surface area (Å²) >= 11 is 5.41. The molecule has 0 aliphatic carbocycles. The fraction of sp³-hybridized carbons (Fsp3) is 0.375. The van der Waals surface area contributed by atoms with Crippen LogP contribution in [0.25, 0.3) is 0 Å². The predicted molar refractivity (Wildman–Crippen MR) is 46.3 cm³/mol. The zero-order valence-electron chi connectivity index (χ0n) is 7.04. The van der Waals surface area contributed by atoms with Crippen molar-refractivity contribution in [2.45, 2.75) is 18.9 Å². The third-order valence-corrected chi connectivity index (χ3v) is 2.06. The second-order valence-corrected chi connectivity index (χ2v) is 2.84. The van der Waals surface area contributed by atoms with Crippen molar-refractivity contribution in [3.63, 3.8) is 0 Å². The van der Waals surface area contributed by atoms with Gasteiger partial charge in [0.25, 0.3) is 6.43 Å². The van der Waals surface area contributed by atoms with Crippen LogP contribution in [0.4, 0.5) is 8.78 Å². The molecule has 0 aromatic carbocycles. The molecule has 0 aliphatic rings. The lowest BCUT2D eigenvalue weighted by molar-refractivity contribution is 0.144. The standard InChI is InChI=1S/C8H8ClF2NO2/c9-1-4-6(14)2-12-5(3-13)7(4)8(10)11/h2,8,13-14H,1,3H2. The van der Waals surface area contributed by atoms with Crippen molar-refractivity contribution in [1.29, 1.82) is 0 Å². The number of nitrogens with zero attached hydrogens (tertiary/aromatic N) is 1. The molecule has 2 N–H and O–H groups in total. The van der Waals surface area contributed by atoms with Crippen LogP contribution < -0.4 is 0 Å². The van der Waals surface area contributed by atoms with E-state index in [0.717, 1.165) is 6.20 Å². The van der Waals surface area contributed by atoms with Gasteiger partial charge in [-0.25, -0.2) is 8.78 Å². The molecule has 0 saturated carbocycles. The smallest absolute Gasteiger partial charge is 0.266 e. The summed E-state index contributed by atoms with van der Waals surface area (Å²) in [5, 5.41) is 18.0. The fourth-order valence-corrected chi connectivity index (χ4v) is 1.40. The highest BCUT2D eigenvalue weighted by Gasteiger charge is 2.20. The molecule has 1 aromatic rings. The van der Waals surface area contributed by atoms with E-state index in [1.54, 1.807) is 0 Å². The molecule has 0 fully saturated rings. The highest BCUT2D eigenvalue weighted by atomic mass is 35.5. The summed E-state index contributed by atoms with van der Waals surface area (Å²) in [5.74, 6) is -0.631.